The average molecular weight is 153 g/mol. The molecule has 1 heterocycles. The molecular formula is C8H11NO2. The normalized spacial score (nSPS) is 10.1. The highest BCUT2D eigenvalue weighted by Gasteiger charge is 2.05. The summed E-state index contributed by atoms with van der Waals surface area (Å²) in [5.41, 5.74) is 1.98. The van der Waals surface area contributed by atoms with E-state index in [1.165, 1.54) is 0 Å². The number of aromatic nitrogens is 1. The van der Waals surface area contributed by atoms with Gasteiger partial charge in [0.05, 0.1) is 12.3 Å². The van der Waals surface area contributed by atoms with Crippen molar-refractivity contribution in [1.29, 1.82) is 0 Å². The van der Waals surface area contributed by atoms with Crippen molar-refractivity contribution in [3.8, 4) is 5.75 Å². The lowest BCUT2D eigenvalue weighted by molar-refractivity contribution is 0.279. The molecule has 0 bridgehead atoms. The Labute approximate surface area is 65.3 Å². The van der Waals surface area contributed by atoms with E-state index in [9.17, 15) is 5.11 Å². The van der Waals surface area contributed by atoms with E-state index in [0.717, 1.165) is 0 Å². The molecule has 1 aromatic heterocycles. The van der Waals surface area contributed by atoms with Crippen molar-refractivity contribution in [3.63, 3.8) is 0 Å². The molecule has 0 saturated heterocycles. The van der Waals surface area contributed by atoms with Gasteiger partial charge in [-0.15, -0.1) is 0 Å². The lowest BCUT2D eigenvalue weighted by Crippen LogP contribution is -1.93. The maximum absolute atomic E-state index is 9.34. The summed E-state index contributed by atoms with van der Waals surface area (Å²) in [4.78, 5) is 3.90. The SMILES string of the molecule is Cc1ncc(CO)c(C)c1O. The number of aryl methyl sites for hydroxylation is 1. The molecule has 1 rings (SSSR count). The summed E-state index contributed by atoms with van der Waals surface area (Å²) in [6.45, 7) is 3.41. The third kappa shape index (κ3) is 1.33. The summed E-state index contributed by atoms with van der Waals surface area (Å²) in [7, 11) is 0. The van der Waals surface area contributed by atoms with E-state index in [1.807, 2.05) is 0 Å². The molecule has 2 N–H and O–H groups in total. The lowest BCUT2D eigenvalue weighted by Gasteiger charge is -2.05. The Kier molecular flexibility index (Phi) is 2.10. The van der Waals surface area contributed by atoms with Crippen molar-refractivity contribution in [2.75, 3.05) is 0 Å². The van der Waals surface area contributed by atoms with Gasteiger partial charge in [-0.1, -0.05) is 0 Å². The molecule has 0 unspecified atom stereocenters. The summed E-state index contributed by atoms with van der Waals surface area (Å²) in [5, 5.41) is 18.1. The van der Waals surface area contributed by atoms with Gasteiger partial charge in [0.25, 0.3) is 0 Å². The van der Waals surface area contributed by atoms with Crippen LogP contribution in [0.15, 0.2) is 6.20 Å². The van der Waals surface area contributed by atoms with Gasteiger partial charge < -0.3 is 10.2 Å². The van der Waals surface area contributed by atoms with Crippen LogP contribution in [0, 0.1) is 13.8 Å². The first-order chi connectivity index (χ1) is 5.16. The number of hydrogen-bond donors (Lipinski definition) is 2. The zero-order valence-corrected chi connectivity index (χ0v) is 6.63. The first-order valence-electron chi connectivity index (χ1n) is 3.41. The van der Waals surface area contributed by atoms with E-state index in [0.29, 0.717) is 16.8 Å². The Morgan fingerprint density at radius 2 is 2.09 bits per heavy atom. The standard InChI is InChI=1S/C8H11NO2/c1-5-7(4-10)3-9-6(2)8(5)11/h3,10-11H,4H2,1-2H3. The predicted molar refractivity (Wildman–Crippen MR) is 41.3 cm³/mol. The maximum Gasteiger partial charge on any atom is 0.140 e. The first kappa shape index (κ1) is 8.01. The number of rotatable bonds is 1. The molecule has 11 heavy (non-hydrogen) atoms. The maximum atomic E-state index is 9.34. The molecule has 1 aromatic rings. The topological polar surface area (TPSA) is 53.4 Å². The molecule has 0 amide bonds. The molecular weight excluding hydrogens is 142 g/mol. The molecule has 3 nitrogen and oxygen atoms in total. The average Bonchev–Trinajstić information content (AvgIpc) is 2.01. The van der Waals surface area contributed by atoms with Crippen LogP contribution in [0.4, 0.5) is 0 Å². The van der Waals surface area contributed by atoms with Crippen LogP contribution in [0.3, 0.4) is 0 Å². The molecule has 0 aliphatic carbocycles. The number of aromatic hydroxyl groups is 1. The Hall–Kier alpha value is -1.09. The lowest BCUT2D eigenvalue weighted by atomic mass is 10.1. The number of aliphatic hydroxyl groups excluding tert-OH is 1. The minimum Gasteiger partial charge on any atom is -0.506 e. The number of pyridine rings is 1. The molecule has 0 aliphatic rings. The number of hydrogen-bond acceptors (Lipinski definition) is 3. The van der Waals surface area contributed by atoms with Gasteiger partial charge in [0.2, 0.25) is 0 Å². The van der Waals surface area contributed by atoms with Crippen LogP contribution in [-0.4, -0.2) is 15.2 Å². The zero-order valence-electron chi connectivity index (χ0n) is 6.63. The van der Waals surface area contributed by atoms with Gasteiger partial charge in [0.1, 0.15) is 5.75 Å². The third-order valence-corrected chi connectivity index (χ3v) is 1.76. The summed E-state index contributed by atoms with van der Waals surface area (Å²) in [5.74, 6) is 0.177. The highest BCUT2D eigenvalue weighted by molar-refractivity contribution is 5.38. The smallest absolute Gasteiger partial charge is 0.140 e. The van der Waals surface area contributed by atoms with Crippen LogP contribution in [0.5, 0.6) is 5.75 Å². The van der Waals surface area contributed by atoms with Crippen LogP contribution in [0.1, 0.15) is 16.8 Å². The van der Waals surface area contributed by atoms with Gasteiger partial charge in [-0.3, -0.25) is 4.98 Å². The van der Waals surface area contributed by atoms with Crippen molar-refractivity contribution in [2.24, 2.45) is 0 Å². The van der Waals surface area contributed by atoms with Crippen LogP contribution in [-0.2, 0) is 6.61 Å². The van der Waals surface area contributed by atoms with Gasteiger partial charge >= 0.3 is 0 Å². The minimum atomic E-state index is -0.0767. The van der Waals surface area contributed by atoms with Crippen LogP contribution in [0.25, 0.3) is 0 Å². The van der Waals surface area contributed by atoms with Crippen molar-refractivity contribution < 1.29 is 10.2 Å². The second-order valence-corrected chi connectivity index (χ2v) is 2.50. The van der Waals surface area contributed by atoms with Crippen LogP contribution < -0.4 is 0 Å². The van der Waals surface area contributed by atoms with Crippen LogP contribution >= 0.6 is 0 Å². The van der Waals surface area contributed by atoms with Crippen molar-refractivity contribution >= 4 is 0 Å². The summed E-state index contributed by atoms with van der Waals surface area (Å²) in [6.07, 6.45) is 1.57. The van der Waals surface area contributed by atoms with Gasteiger partial charge in [0.15, 0.2) is 0 Å². The quantitative estimate of drug-likeness (QED) is 0.630. The van der Waals surface area contributed by atoms with E-state index in [1.54, 1.807) is 20.0 Å². The monoisotopic (exact) mass is 153 g/mol. The fraction of sp³-hybridized carbons (Fsp3) is 0.375. The van der Waals surface area contributed by atoms with Crippen molar-refractivity contribution in [1.82, 2.24) is 4.98 Å². The van der Waals surface area contributed by atoms with Gasteiger partial charge in [-0.2, -0.15) is 0 Å². The summed E-state index contributed by atoms with van der Waals surface area (Å²) in [6, 6.07) is 0. The fourth-order valence-corrected chi connectivity index (χ4v) is 0.916. The molecule has 0 fully saturated rings. The van der Waals surface area contributed by atoms with E-state index < -0.39 is 0 Å². The number of aliphatic hydroxyl groups is 1. The molecule has 0 spiro atoms. The van der Waals surface area contributed by atoms with Crippen molar-refractivity contribution in [2.45, 2.75) is 20.5 Å². The third-order valence-electron chi connectivity index (χ3n) is 1.76. The van der Waals surface area contributed by atoms with Gasteiger partial charge in [-0.25, -0.2) is 0 Å². The predicted octanol–water partition coefficient (Wildman–Crippen LogP) is 0.896. The summed E-state index contributed by atoms with van der Waals surface area (Å²) < 4.78 is 0. The fourth-order valence-electron chi connectivity index (χ4n) is 0.916. The molecule has 0 atom stereocenters. The van der Waals surface area contributed by atoms with E-state index in [-0.39, 0.29) is 12.4 Å². The molecule has 3 heteroatoms. The molecule has 0 radical (unpaired) electrons. The second-order valence-electron chi connectivity index (χ2n) is 2.50. The second kappa shape index (κ2) is 2.88. The Balaban J connectivity index is 3.25. The largest absolute Gasteiger partial charge is 0.506 e. The highest BCUT2D eigenvalue weighted by Crippen LogP contribution is 2.21. The molecule has 60 valence electrons. The zero-order chi connectivity index (χ0) is 8.43. The highest BCUT2D eigenvalue weighted by atomic mass is 16.3. The number of nitrogens with zero attached hydrogens (tertiary/aromatic N) is 1. The first-order valence-corrected chi connectivity index (χ1v) is 3.41. The molecule has 0 saturated carbocycles. The van der Waals surface area contributed by atoms with E-state index in [2.05, 4.69) is 4.98 Å². The van der Waals surface area contributed by atoms with Crippen LogP contribution in [0.2, 0.25) is 0 Å². The van der Waals surface area contributed by atoms with E-state index in [4.69, 9.17) is 5.11 Å². The molecule has 0 aliphatic heterocycles. The van der Waals surface area contributed by atoms with Gasteiger partial charge in [-0.05, 0) is 19.4 Å². The molecule has 0 aromatic carbocycles. The Morgan fingerprint density at radius 1 is 1.45 bits per heavy atom. The Bertz CT molecular complexity index is 271. The summed E-state index contributed by atoms with van der Waals surface area (Å²) >= 11 is 0. The van der Waals surface area contributed by atoms with E-state index >= 15 is 0 Å². The Morgan fingerprint density at radius 3 is 2.64 bits per heavy atom. The minimum absolute atomic E-state index is 0.0767. The van der Waals surface area contributed by atoms with Gasteiger partial charge in [0, 0.05) is 11.8 Å². The van der Waals surface area contributed by atoms with Crippen molar-refractivity contribution in [3.05, 3.63) is 23.0 Å².